The van der Waals surface area contributed by atoms with Crippen molar-refractivity contribution in [2.45, 2.75) is 13.5 Å². The lowest BCUT2D eigenvalue weighted by Gasteiger charge is -2.13. The standard InChI is InChI=1S/C24H16Cl2N2O2S/c1-14-6-2-3-7-15(14)13-30-22-16(10-17(25)12-18(22)26)11-21-23(29)28-20-9-5-4-8-19(20)27-24(28)31-21/h2-12H,13H2,1H3/b21-11-. The topological polar surface area (TPSA) is 43.6 Å². The van der Waals surface area contributed by atoms with Crippen LogP contribution in [0.5, 0.6) is 5.75 Å². The summed E-state index contributed by atoms with van der Waals surface area (Å²) in [6, 6.07) is 19.0. The van der Waals surface area contributed by atoms with Gasteiger partial charge in [-0.05, 0) is 48.4 Å². The molecule has 0 bridgehead atoms. The normalized spacial score (nSPS) is 12.2. The van der Waals surface area contributed by atoms with Gasteiger partial charge in [0.2, 0.25) is 0 Å². The van der Waals surface area contributed by atoms with Crippen LogP contribution in [-0.2, 0) is 6.61 Å². The first-order valence-corrected chi connectivity index (χ1v) is 11.2. The van der Waals surface area contributed by atoms with E-state index in [1.54, 1.807) is 22.6 Å². The van der Waals surface area contributed by atoms with E-state index < -0.39 is 0 Å². The minimum Gasteiger partial charge on any atom is -0.487 e. The number of aromatic nitrogens is 2. The molecule has 3 aromatic carbocycles. The molecular weight excluding hydrogens is 451 g/mol. The first-order chi connectivity index (χ1) is 15.0. The third-order valence-electron chi connectivity index (χ3n) is 5.10. The molecule has 0 saturated heterocycles. The number of fused-ring (bicyclic) bond motifs is 3. The van der Waals surface area contributed by atoms with E-state index in [-0.39, 0.29) is 5.56 Å². The second-order valence-corrected chi connectivity index (χ2v) is 9.01. The summed E-state index contributed by atoms with van der Waals surface area (Å²) in [6.07, 6.45) is 1.77. The van der Waals surface area contributed by atoms with E-state index in [0.29, 0.717) is 37.5 Å². The Kier molecular flexibility index (Phi) is 5.18. The highest BCUT2D eigenvalue weighted by Crippen LogP contribution is 2.34. The van der Waals surface area contributed by atoms with Crippen LogP contribution >= 0.6 is 34.5 Å². The quantitative estimate of drug-likeness (QED) is 0.343. The lowest BCUT2D eigenvalue weighted by Crippen LogP contribution is -2.22. The van der Waals surface area contributed by atoms with Crippen LogP contribution in [-0.4, -0.2) is 9.38 Å². The summed E-state index contributed by atoms with van der Waals surface area (Å²) >= 11 is 14.0. The SMILES string of the molecule is Cc1ccccc1COc1c(Cl)cc(Cl)cc1/C=c1\sc2nc3ccccc3n2c1=O. The highest BCUT2D eigenvalue weighted by Gasteiger charge is 2.14. The van der Waals surface area contributed by atoms with Crippen LogP contribution in [0.25, 0.3) is 22.1 Å². The molecule has 0 aliphatic rings. The molecule has 0 atom stereocenters. The van der Waals surface area contributed by atoms with Crippen LogP contribution in [0.15, 0.2) is 65.5 Å². The summed E-state index contributed by atoms with van der Waals surface area (Å²) < 4.78 is 8.25. The summed E-state index contributed by atoms with van der Waals surface area (Å²) in [5.41, 5.74) is 4.30. The van der Waals surface area contributed by atoms with Crippen molar-refractivity contribution in [3.8, 4) is 5.75 Å². The van der Waals surface area contributed by atoms with Gasteiger partial charge in [-0.3, -0.25) is 4.79 Å². The van der Waals surface area contributed by atoms with E-state index in [1.807, 2.05) is 55.5 Å². The number of halogens is 2. The van der Waals surface area contributed by atoms with Crippen molar-refractivity contribution in [1.82, 2.24) is 9.38 Å². The van der Waals surface area contributed by atoms with E-state index in [0.717, 1.165) is 22.2 Å². The maximum absolute atomic E-state index is 13.1. The number of nitrogens with zero attached hydrogens (tertiary/aromatic N) is 2. The molecule has 5 aromatic rings. The van der Waals surface area contributed by atoms with E-state index in [4.69, 9.17) is 27.9 Å². The molecule has 0 aliphatic heterocycles. The molecule has 2 aromatic heterocycles. The number of thiazole rings is 1. The highest BCUT2D eigenvalue weighted by molar-refractivity contribution is 7.15. The number of ether oxygens (including phenoxy) is 1. The fourth-order valence-corrected chi connectivity index (χ4v) is 5.06. The number of benzene rings is 3. The summed E-state index contributed by atoms with van der Waals surface area (Å²) in [7, 11) is 0. The first kappa shape index (κ1) is 20.1. The Morgan fingerprint density at radius 1 is 1.10 bits per heavy atom. The zero-order valence-corrected chi connectivity index (χ0v) is 18.8. The van der Waals surface area contributed by atoms with Crippen molar-refractivity contribution in [3.63, 3.8) is 0 Å². The second kappa shape index (κ2) is 8.00. The molecule has 0 radical (unpaired) electrons. The number of imidazole rings is 1. The number of hydrogen-bond acceptors (Lipinski definition) is 4. The molecule has 31 heavy (non-hydrogen) atoms. The van der Waals surface area contributed by atoms with Gasteiger partial charge in [0.05, 0.1) is 20.6 Å². The van der Waals surface area contributed by atoms with E-state index in [2.05, 4.69) is 4.98 Å². The Morgan fingerprint density at radius 2 is 1.87 bits per heavy atom. The molecule has 0 N–H and O–H groups in total. The second-order valence-electron chi connectivity index (χ2n) is 7.16. The first-order valence-electron chi connectivity index (χ1n) is 9.59. The molecule has 0 amide bonds. The fourth-order valence-electron chi connectivity index (χ4n) is 3.51. The number of aryl methyl sites for hydroxylation is 1. The molecule has 7 heteroatoms. The van der Waals surface area contributed by atoms with Crippen LogP contribution in [0.4, 0.5) is 0 Å². The highest BCUT2D eigenvalue weighted by atomic mass is 35.5. The monoisotopic (exact) mass is 466 g/mol. The molecule has 0 aliphatic carbocycles. The number of para-hydroxylation sites is 2. The fraction of sp³-hybridized carbons (Fsp3) is 0.0833. The van der Waals surface area contributed by atoms with Crippen LogP contribution in [0, 0.1) is 6.92 Å². The maximum Gasteiger partial charge on any atom is 0.274 e. The minimum atomic E-state index is -0.130. The average molecular weight is 467 g/mol. The van der Waals surface area contributed by atoms with E-state index in [9.17, 15) is 4.79 Å². The van der Waals surface area contributed by atoms with Gasteiger partial charge in [0.1, 0.15) is 12.4 Å². The predicted molar refractivity (Wildman–Crippen MR) is 128 cm³/mol. The number of hydrogen-bond donors (Lipinski definition) is 0. The summed E-state index contributed by atoms with van der Waals surface area (Å²) in [4.78, 5) is 18.3. The van der Waals surface area contributed by atoms with Crippen molar-refractivity contribution in [1.29, 1.82) is 0 Å². The molecule has 2 heterocycles. The van der Waals surface area contributed by atoms with Gasteiger partial charge in [-0.1, -0.05) is 70.9 Å². The van der Waals surface area contributed by atoms with E-state index in [1.165, 1.54) is 11.3 Å². The van der Waals surface area contributed by atoms with Gasteiger partial charge >= 0.3 is 0 Å². The Morgan fingerprint density at radius 3 is 2.71 bits per heavy atom. The van der Waals surface area contributed by atoms with Crippen LogP contribution < -0.4 is 14.8 Å². The average Bonchev–Trinajstić information content (AvgIpc) is 3.25. The Bertz CT molecular complexity index is 1560. The van der Waals surface area contributed by atoms with Gasteiger partial charge in [-0.25, -0.2) is 9.38 Å². The molecule has 154 valence electrons. The van der Waals surface area contributed by atoms with Gasteiger partial charge in [0.25, 0.3) is 5.56 Å². The predicted octanol–water partition coefficient (Wildman–Crippen LogP) is 5.65. The van der Waals surface area contributed by atoms with Crippen LogP contribution in [0.1, 0.15) is 16.7 Å². The molecule has 0 spiro atoms. The Labute approximate surface area is 191 Å². The molecule has 5 rings (SSSR count). The van der Waals surface area contributed by atoms with Crippen LogP contribution in [0.3, 0.4) is 0 Å². The van der Waals surface area contributed by atoms with Gasteiger partial charge < -0.3 is 4.74 Å². The third kappa shape index (κ3) is 3.69. The summed E-state index contributed by atoms with van der Waals surface area (Å²) in [6.45, 7) is 2.39. The largest absolute Gasteiger partial charge is 0.487 e. The van der Waals surface area contributed by atoms with Crippen molar-refractivity contribution in [2.24, 2.45) is 0 Å². The van der Waals surface area contributed by atoms with E-state index >= 15 is 0 Å². The van der Waals surface area contributed by atoms with Crippen molar-refractivity contribution in [2.75, 3.05) is 0 Å². The minimum absolute atomic E-state index is 0.130. The molecule has 0 saturated carbocycles. The smallest absolute Gasteiger partial charge is 0.274 e. The number of rotatable bonds is 4. The van der Waals surface area contributed by atoms with Gasteiger partial charge in [0.15, 0.2) is 4.96 Å². The lowest BCUT2D eigenvalue weighted by molar-refractivity contribution is 0.305. The van der Waals surface area contributed by atoms with Crippen molar-refractivity contribution < 1.29 is 4.74 Å². The maximum atomic E-state index is 13.1. The van der Waals surface area contributed by atoms with Gasteiger partial charge in [-0.15, -0.1) is 0 Å². The Hall–Kier alpha value is -2.86. The van der Waals surface area contributed by atoms with Crippen LogP contribution in [0.2, 0.25) is 10.0 Å². The zero-order chi connectivity index (χ0) is 21.5. The summed E-state index contributed by atoms with van der Waals surface area (Å²) in [5, 5.41) is 0.866. The molecule has 4 nitrogen and oxygen atoms in total. The zero-order valence-electron chi connectivity index (χ0n) is 16.4. The molecular formula is C24H16Cl2N2O2S. The van der Waals surface area contributed by atoms with Crippen molar-refractivity contribution >= 4 is 56.6 Å². The van der Waals surface area contributed by atoms with Gasteiger partial charge in [-0.2, -0.15) is 0 Å². The van der Waals surface area contributed by atoms with Crippen molar-refractivity contribution in [3.05, 3.63) is 102 Å². The van der Waals surface area contributed by atoms with Gasteiger partial charge in [0, 0.05) is 10.6 Å². The third-order valence-corrected chi connectivity index (χ3v) is 6.57. The Balaban J connectivity index is 1.62. The molecule has 0 unspecified atom stereocenters. The molecule has 0 fully saturated rings. The lowest BCUT2D eigenvalue weighted by atomic mass is 10.1. The summed E-state index contributed by atoms with van der Waals surface area (Å²) in [5.74, 6) is 0.490.